The number of aromatic hydroxyl groups is 1. The number of nitrogens with zero attached hydrogens (tertiary/aromatic N) is 6. The highest BCUT2D eigenvalue weighted by Crippen LogP contribution is 2.38. The van der Waals surface area contributed by atoms with Gasteiger partial charge >= 0.3 is 6.01 Å². The fourth-order valence-corrected chi connectivity index (χ4v) is 6.78. The van der Waals surface area contributed by atoms with Crippen LogP contribution < -0.4 is 14.4 Å². The zero-order valence-electron chi connectivity index (χ0n) is 28.2. The van der Waals surface area contributed by atoms with Crippen LogP contribution in [0.15, 0.2) is 79.1 Å². The number of aromatic nitrogens is 3. The third kappa shape index (κ3) is 6.65. The van der Waals surface area contributed by atoms with Crippen molar-refractivity contribution >= 4 is 28.9 Å². The summed E-state index contributed by atoms with van der Waals surface area (Å²) in [7, 11) is 3.89. The Labute approximate surface area is 295 Å². The van der Waals surface area contributed by atoms with Gasteiger partial charge in [-0.05, 0) is 80.1 Å². The van der Waals surface area contributed by atoms with Crippen LogP contribution in [0.5, 0.6) is 17.5 Å². The number of aliphatic hydroxyl groups is 1. The summed E-state index contributed by atoms with van der Waals surface area (Å²) in [6.07, 6.45) is 2.89. The fourth-order valence-electron chi connectivity index (χ4n) is 6.61. The van der Waals surface area contributed by atoms with Gasteiger partial charge in [0.2, 0.25) is 0 Å². The predicted molar refractivity (Wildman–Crippen MR) is 191 cm³/mol. The second-order valence-electron chi connectivity index (χ2n) is 12.7. The first-order valence-electron chi connectivity index (χ1n) is 16.6. The number of likely N-dealkylation sites (N-methyl/N-ethyl adjacent to an activating group) is 1. The first-order chi connectivity index (χ1) is 24.2. The number of amides is 1. The molecule has 5 aliphatic heterocycles. The summed E-state index contributed by atoms with van der Waals surface area (Å²) in [5.74, 6) is 0.624. The van der Waals surface area contributed by atoms with Crippen LogP contribution in [0, 0.1) is 6.92 Å². The Hall–Kier alpha value is -4.94. The number of carbonyl (C=O) groups excluding carboxylic acids is 1. The lowest BCUT2D eigenvalue weighted by atomic mass is 9.96. The average molecular weight is 695 g/mol. The summed E-state index contributed by atoms with van der Waals surface area (Å²) in [6, 6.07) is 20.0. The highest BCUT2D eigenvalue weighted by Gasteiger charge is 2.30. The molecule has 0 saturated heterocycles. The van der Waals surface area contributed by atoms with Gasteiger partial charge in [-0.25, -0.2) is 9.97 Å². The largest absolute Gasteiger partial charge is 0.508 e. The molecule has 2 unspecified atom stereocenters. The monoisotopic (exact) mass is 694 g/mol. The molecule has 7 heterocycles. The number of hydrogen-bond acceptors (Lipinski definition) is 9. The molecule has 12 heteroatoms. The molecule has 2 atom stereocenters. The van der Waals surface area contributed by atoms with Crippen LogP contribution in [-0.2, 0) is 20.0 Å². The van der Waals surface area contributed by atoms with Crippen molar-refractivity contribution in [3.05, 3.63) is 112 Å². The van der Waals surface area contributed by atoms with Crippen molar-refractivity contribution in [3.63, 3.8) is 0 Å². The fraction of sp³-hybridized carbons (Fsp3) is 0.289. The van der Waals surface area contributed by atoms with Crippen LogP contribution in [0.4, 0.5) is 11.4 Å². The number of halogens is 1. The summed E-state index contributed by atoms with van der Waals surface area (Å²) in [6.45, 7) is 5.27. The Kier molecular flexibility index (Phi) is 9.48. The molecule has 1 amide bonds. The smallest absolute Gasteiger partial charge is 0.316 e. The van der Waals surface area contributed by atoms with Gasteiger partial charge in [-0.2, -0.15) is 0 Å². The molecule has 2 aromatic heterocycles. The lowest BCUT2D eigenvalue weighted by molar-refractivity contribution is -0.00766. The Morgan fingerprint density at radius 3 is 2.38 bits per heavy atom. The zero-order chi connectivity index (χ0) is 34.9. The standard InChI is InChI=1S/C38H39ClN6O5/c1-24-32-20-34(43(24)3)33-19-26(39)7-12-31(33)36(47)44-14-13-30-25(23-44)5-4-6-35(30)49-17-15-42(2)16-18-50-38-40-21-28(22-41-38)45(37(32)48)27-8-10-29(46)11-9-27/h4-12,19-22,36,46-47H,13-18,23H2,1-3H3. The second kappa shape index (κ2) is 14.1. The number of rotatable bonds is 1. The van der Waals surface area contributed by atoms with Gasteiger partial charge in [-0.15, -0.1) is 0 Å². The molecule has 258 valence electrons. The van der Waals surface area contributed by atoms with Crippen LogP contribution >= 0.6 is 11.6 Å². The quantitative estimate of drug-likeness (QED) is 0.222. The molecule has 0 fully saturated rings. The van der Waals surface area contributed by atoms with Gasteiger partial charge in [-0.3, -0.25) is 19.5 Å². The maximum Gasteiger partial charge on any atom is 0.316 e. The average Bonchev–Trinajstić information content (AvgIpc) is 3.42. The highest BCUT2D eigenvalue weighted by atomic mass is 35.5. The van der Waals surface area contributed by atoms with E-state index >= 15 is 0 Å². The van der Waals surface area contributed by atoms with Gasteiger partial charge in [0, 0.05) is 66.5 Å². The molecule has 2 N–H and O–H groups in total. The van der Waals surface area contributed by atoms with E-state index in [0.29, 0.717) is 72.6 Å². The van der Waals surface area contributed by atoms with Crippen LogP contribution in [0.3, 0.4) is 0 Å². The van der Waals surface area contributed by atoms with E-state index < -0.39 is 6.23 Å². The summed E-state index contributed by atoms with van der Waals surface area (Å²) in [4.78, 5) is 29.1. The maximum atomic E-state index is 14.6. The number of ether oxygens (including phenoxy) is 2. The molecule has 0 spiro atoms. The van der Waals surface area contributed by atoms with Crippen LogP contribution in [0.25, 0.3) is 11.3 Å². The molecule has 0 radical (unpaired) electrons. The maximum absolute atomic E-state index is 14.6. The van der Waals surface area contributed by atoms with Gasteiger partial charge in [-0.1, -0.05) is 29.8 Å². The molecule has 0 saturated carbocycles. The number of carbonyl (C=O) groups is 1. The molecular formula is C38H39ClN6O5. The Balaban J connectivity index is 1.32. The zero-order valence-corrected chi connectivity index (χ0v) is 29.0. The minimum absolute atomic E-state index is 0.0755. The summed E-state index contributed by atoms with van der Waals surface area (Å²) < 4.78 is 14.1. The number of phenolic OH excluding ortho intramolecular Hbond substituents is 1. The second-order valence-corrected chi connectivity index (χ2v) is 13.1. The minimum Gasteiger partial charge on any atom is -0.508 e. The lowest BCUT2D eigenvalue weighted by Crippen LogP contribution is -2.34. The molecule has 5 aromatic rings. The van der Waals surface area contributed by atoms with Gasteiger partial charge in [0.1, 0.15) is 30.9 Å². The van der Waals surface area contributed by atoms with Crippen LogP contribution in [0.2, 0.25) is 5.02 Å². The first-order valence-corrected chi connectivity index (χ1v) is 16.9. The van der Waals surface area contributed by atoms with E-state index in [9.17, 15) is 15.0 Å². The van der Waals surface area contributed by atoms with E-state index in [1.165, 1.54) is 17.0 Å². The number of hydrogen-bond donors (Lipinski definition) is 2. The van der Waals surface area contributed by atoms with Gasteiger partial charge < -0.3 is 24.3 Å². The van der Waals surface area contributed by atoms with E-state index in [2.05, 4.69) is 20.9 Å². The van der Waals surface area contributed by atoms with Crippen molar-refractivity contribution < 1.29 is 24.5 Å². The van der Waals surface area contributed by atoms with Crippen LogP contribution in [-0.4, -0.2) is 80.4 Å². The van der Waals surface area contributed by atoms with Crippen molar-refractivity contribution in [3.8, 4) is 28.8 Å². The molecular weight excluding hydrogens is 656 g/mol. The van der Waals surface area contributed by atoms with Crippen molar-refractivity contribution in [2.75, 3.05) is 44.8 Å². The third-order valence-corrected chi connectivity index (χ3v) is 9.79. The van der Waals surface area contributed by atoms with E-state index in [0.717, 1.165) is 34.6 Å². The Morgan fingerprint density at radius 2 is 1.62 bits per heavy atom. The van der Waals surface area contributed by atoms with Gasteiger partial charge in [0.15, 0.2) is 0 Å². The van der Waals surface area contributed by atoms with Gasteiger partial charge in [0.25, 0.3) is 5.91 Å². The molecule has 11 nitrogen and oxygen atoms in total. The van der Waals surface area contributed by atoms with Crippen molar-refractivity contribution in [1.29, 1.82) is 0 Å². The summed E-state index contributed by atoms with van der Waals surface area (Å²) in [5.41, 5.74) is 6.49. The molecule has 8 bridgehead atoms. The van der Waals surface area contributed by atoms with Crippen molar-refractivity contribution in [2.24, 2.45) is 7.05 Å². The number of anilines is 2. The lowest BCUT2D eigenvalue weighted by Gasteiger charge is -2.34. The SMILES string of the molecule is Cc1c2cc(n1C)-c1cc(Cl)ccc1C(O)N1CCc3c(cccc3OCCN(C)CCOc3ncc(cn3)N(c3ccc(O)cc3)C2=O)C1. The minimum atomic E-state index is -0.931. The van der Waals surface area contributed by atoms with E-state index in [1.54, 1.807) is 30.6 Å². The number of aliphatic hydroxyl groups excluding tert-OH is 1. The highest BCUT2D eigenvalue weighted by molar-refractivity contribution is 6.31. The topological polar surface area (TPSA) is 116 Å². The van der Waals surface area contributed by atoms with Gasteiger partial charge in [0.05, 0.1) is 23.6 Å². The molecule has 5 aliphatic rings. The predicted octanol–water partition coefficient (Wildman–Crippen LogP) is 5.88. The molecule has 3 aromatic carbocycles. The first kappa shape index (κ1) is 33.6. The summed E-state index contributed by atoms with van der Waals surface area (Å²) in [5, 5.41) is 22.5. The Morgan fingerprint density at radius 1 is 0.880 bits per heavy atom. The van der Waals surface area contributed by atoms with E-state index in [-0.39, 0.29) is 17.7 Å². The van der Waals surface area contributed by atoms with E-state index in [4.69, 9.17) is 21.1 Å². The molecule has 50 heavy (non-hydrogen) atoms. The number of benzene rings is 3. The Bertz CT molecular complexity index is 2020. The number of phenols is 1. The van der Waals surface area contributed by atoms with E-state index in [1.807, 2.05) is 60.8 Å². The van der Waals surface area contributed by atoms with Crippen molar-refractivity contribution in [1.82, 2.24) is 24.3 Å². The van der Waals surface area contributed by atoms with Crippen molar-refractivity contribution in [2.45, 2.75) is 26.1 Å². The summed E-state index contributed by atoms with van der Waals surface area (Å²) >= 11 is 6.58. The molecule has 10 rings (SSSR count). The normalized spacial score (nSPS) is 18.7. The van der Waals surface area contributed by atoms with Crippen LogP contribution in [0.1, 0.15) is 39.0 Å². The third-order valence-electron chi connectivity index (χ3n) is 9.55. The molecule has 0 aliphatic carbocycles.